The predicted molar refractivity (Wildman–Crippen MR) is 93.2 cm³/mol. The van der Waals surface area contributed by atoms with Crippen LogP contribution in [0.2, 0.25) is 0 Å². The Morgan fingerprint density at radius 1 is 0.952 bits per heavy atom. The van der Waals surface area contributed by atoms with Crippen molar-refractivity contribution >= 4 is 0 Å². The lowest BCUT2D eigenvalue weighted by Gasteiger charge is -2.40. The molecule has 1 aromatic carbocycles. The molecular formula is C19H34N2. The Morgan fingerprint density at radius 3 is 2.10 bits per heavy atom. The van der Waals surface area contributed by atoms with Crippen LogP contribution in [0.25, 0.3) is 0 Å². The van der Waals surface area contributed by atoms with E-state index in [1.165, 1.54) is 37.7 Å². The van der Waals surface area contributed by atoms with E-state index >= 15 is 0 Å². The summed E-state index contributed by atoms with van der Waals surface area (Å²) in [4.78, 5) is 0. The summed E-state index contributed by atoms with van der Waals surface area (Å²) in [6, 6.07) is 11.3. The molecule has 1 unspecified atom stereocenters. The average Bonchev–Trinajstić information content (AvgIpc) is 2.55. The summed E-state index contributed by atoms with van der Waals surface area (Å²) in [6.45, 7) is 6.84. The van der Waals surface area contributed by atoms with Gasteiger partial charge in [-0.15, -0.1) is 0 Å². The molecule has 120 valence electrons. The highest BCUT2D eigenvalue weighted by atomic mass is 15.2. The maximum absolute atomic E-state index is 5.94. The molecule has 1 rings (SSSR count). The largest absolute Gasteiger partial charge is 0.271 e. The number of rotatable bonds is 11. The van der Waals surface area contributed by atoms with Crippen LogP contribution in [0.4, 0.5) is 0 Å². The van der Waals surface area contributed by atoms with Gasteiger partial charge in [0.25, 0.3) is 0 Å². The van der Waals surface area contributed by atoms with Gasteiger partial charge in [-0.3, -0.25) is 11.3 Å². The fourth-order valence-corrected chi connectivity index (χ4v) is 3.59. The summed E-state index contributed by atoms with van der Waals surface area (Å²) < 4.78 is 0. The van der Waals surface area contributed by atoms with E-state index in [1.807, 2.05) is 0 Å². The summed E-state index contributed by atoms with van der Waals surface area (Å²) in [5.41, 5.74) is 4.71. The summed E-state index contributed by atoms with van der Waals surface area (Å²) in [6.07, 6.45) is 10.0. The molecule has 3 N–H and O–H groups in total. The van der Waals surface area contributed by atoms with Crippen LogP contribution in [0.15, 0.2) is 30.3 Å². The number of unbranched alkanes of at least 4 members (excludes halogenated alkanes) is 4. The Labute approximate surface area is 131 Å². The van der Waals surface area contributed by atoms with Crippen LogP contribution in [0.3, 0.4) is 0 Å². The minimum absolute atomic E-state index is 0.154. The summed E-state index contributed by atoms with van der Waals surface area (Å²) in [7, 11) is 0. The number of nitrogens with two attached hydrogens (primary N) is 1. The van der Waals surface area contributed by atoms with Crippen molar-refractivity contribution in [2.75, 3.05) is 0 Å². The lowest BCUT2D eigenvalue weighted by atomic mass is 9.69. The smallest absolute Gasteiger partial charge is 0.0307 e. The van der Waals surface area contributed by atoms with E-state index in [4.69, 9.17) is 5.84 Å². The van der Waals surface area contributed by atoms with Crippen LogP contribution in [0.5, 0.6) is 0 Å². The molecular weight excluding hydrogens is 256 g/mol. The minimum atomic E-state index is 0.154. The molecule has 1 aromatic rings. The second kappa shape index (κ2) is 9.97. The quantitative estimate of drug-likeness (QED) is 0.344. The number of hydrogen-bond acceptors (Lipinski definition) is 2. The zero-order valence-electron chi connectivity index (χ0n) is 14.2. The zero-order chi connectivity index (χ0) is 15.6. The molecule has 21 heavy (non-hydrogen) atoms. The second-order valence-corrected chi connectivity index (χ2v) is 6.15. The molecule has 0 aromatic heterocycles. The number of nitrogens with one attached hydrogen (secondary N) is 1. The molecule has 0 heterocycles. The second-order valence-electron chi connectivity index (χ2n) is 6.15. The summed E-state index contributed by atoms with van der Waals surface area (Å²) in [5.74, 6) is 5.94. The molecule has 0 aliphatic heterocycles. The van der Waals surface area contributed by atoms with Crippen molar-refractivity contribution in [3.8, 4) is 0 Å². The van der Waals surface area contributed by atoms with Gasteiger partial charge < -0.3 is 0 Å². The first-order chi connectivity index (χ1) is 10.2. The van der Waals surface area contributed by atoms with Gasteiger partial charge in [0.2, 0.25) is 0 Å². The highest BCUT2D eigenvalue weighted by Gasteiger charge is 2.36. The SMILES string of the molecule is CCCCCCCC(NN)C(CC)(CC)c1ccccc1. The van der Waals surface area contributed by atoms with Crippen LogP contribution in [0.1, 0.15) is 77.7 Å². The molecule has 0 saturated carbocycles. The van der Waals surface area contributed by atoms with Gasteiger partial charge >= 0.3 is 0 Å². The predicted octanol–water partition coefficient (Wildman–Crippen LogP) is 4.94. The van der Waals surface area contributed by atoms with Gasteiger partial charge in [-0.1, -0.05) is 83.2 Å². The molecule has 1 atom stereocenters. The van der Waals surface area contributed by atoms with Gasteiger partial charge in [0, 0.05) is 11.5 Å². The third kappa shape index (κ3) is 4.82. The molecule has 0 radical (unpaired) electrons. The Balaban J connectivity index is 2.76. The fourth-order valence-electron chi connectivity index (χ4n) is 3.59. The van der Waals surface area contributed by atoms with E-state index in [0.29, 0.717) is 6.04 Å². The van der Waals surface area contributed by atoms with Gasteiger partial charge in [-0.25, -0.2) is 0 Å². The van der Waals surface area contributed by atoms with Gasteiger partial charge in [-0.2, -0.15) is 0 Å². The van der Waals surface area contributed by atoms with E-state index in [1.54, 1.807) is 0 Å². The van der Waals surface area contributed by atoms with Crippen molar-refractivity contribution in [2.24, 2.45) is 5.84 Å². The Hall–Kier alpha value is -0.860. The topological polar surface area (TPSA) is 38.0 Å². The Morgan fingerprint density at radius 2 is 1.57 bits per heavy atom. The third-order valence-corrected chi connectivity index (χ3v) is 5.08. The lowest BCUT2D eigenvalue weighted by Crippen LogP contribution is -2.50. The van der Waals surface area contributed by atoms with Crippen LogP contribution in [-0.2, 0) is 5.41 Å². The molecule has 0 aliphatic carbocycles. The number of hydrogen-bond donors (Lipinski definition) is 2. The highest BCUT2D eigenvalue weighted by molar-refractivity contribution is 5.27. The van der Waals surface area contributed by atoms with Crippen molar-refractivity contribution in [1.29, 1.82) is 0 Å². The first kappa shape index (κ1) is 18.2. The van der Waals surface area contributed by atoms with Gasteiger partial charge in [0.15, 0.2) is 0 Å². The summed E-state index contributed by atoms with van der Waals surface area (Å²) in [5, 5.41) is 0. The Bertz CT molecular complexity index is 357. The summed E-state index contributed by atoms with van der Waals surface area (Å²) >= 11 is 0. The van der Waals surface area contributed by atoms with Crippen molar-refractivity contribution in [1.82, 2.24) is 5.43 Å². The molecule has 0 saturated heterocycles. The van der Waals surface area contributed by atoms with Crippen molar-refractivity contribution in [3.05, 3.63) is 35.9 Å². The minimum Gasteiger partial charge on any atom is -0.271 e. The number of benzene rings is 1. The van der Waals surface area contributed by atoms with Gasteiger partial charge in [-0.05, 0) is 24.8 Å². The zero-order valence-corrected chi connectivity index (χ0v) is 14.2. The van der Waals surface area contributed by atoms with Gasteiger partial charge in [0.05, 0.1) is 0 Å². The Kier molecular flexibility index (Phi) is 8.63. The number of hydrazine groups is 1. The van der Waals surface area contributed by atoms with Gasteiger partial charge in [0.1, 0.15) is 0 Å². The molecule has 2 heteroatoms. The first-order valence-electron chi connectivity index (χ1n) is 8.76. The lowest BCUT2D eigenvalue weighted by molar-refractivity contribution is 0.254. The van der Waals surface area contributed by atoms with E-state index in [2.05, 4.69) is 56.5 Å². The normalized spacial score (nSPS) is 13.3. The molecule has 0 bridgehead atoms. The van der Waals surface area contributed by atoms with E-state index in [0.717, 1.165) is 19.3 Å². The van der Waals surface area contributed by atoms with Crippen LogP contribution in [-0.4, -0.2) is 6.04 Å². The first-order valence-corrected chi connectivity index (χ1v) is 8.76. The maximum atomic E-state index is 5.94. The van der Waals surface area contributed by atoms with Crippen LogP contribution in [0, 0.1) is 0 Å². The van der Waals surface area contributed by atoms with E-state index < -0.39 is 0 Å². The van der Waals surface area contributed by atoms with E-state index in [-0.39, 0.29) is 5.41 Å². The maximum Gasteiger partial charge on any atom is 0.0307 e. The van der Waals surface area contributed by atoms with Crippen LogP contribution < -0.4 is 11.3 Å². The molecule has 0 amide bonds. The van der Waals surface area contributed by atoms with Crippen LogP contribution >= 0.6 is 0 Å². The van der Waals surface area contributed by atoms with Crippen molar-refractivity contribution < 1.29 is 0 Å². The van der Waals surface area contributed by atoms with Crippen molar-refractivity contribution in [3.63, 3.8) is 0 Å². The fraction of sp³-hybridized carbons (Fsp3) is 0.684. The van der Waals surface area contributed by atoms with Crippen molar-refractivity contribution in [2.45, 2.75) is 83.6 Å². The standard InChI is InChI=1S/C19H34N2/c1-4-7-8-9-13-16-18(21-20)19(5-2,6-3)17-14-11-10-12-15-17/h10-12,14-15,18,21H,4-9,13,16,20H2,1-3H3. The third-order valence-electron chi connectivity index (χ3n) is 5.08. The average molecular weight is 290 g/mol. The molecule has 2 nitrogen and oxygen atoms in total. The highest BCUT2D eigenvalue weighted by Crippen LogP contribution is 2.37. The molecule has 0 spiro atoms. The molecule has 0 fully saturated rings. The van der Waals surface area contributed by atoms with E-state index in [9.17, 15) is 0 Å². The monoisotopic (exact) mass is 290 g/mol. The molecule has 0 aliphatic rings.